The molecule has 0 radical (unpaired) electrons. The van der Waals surface area contributed by atoms with Crippen molar-refractivity contribution in [2.75, 3.05) is 0 Å². The molecule has 0 saturated carbocycles. The van der Waals surface area contributed by atoms with E-state index in [-0.39, 0.29) is 6.42 Å². The summed E-state index contributed by atoms with van der Waals surface area (Å²) in [7, 11) is 0. The van der Waals surface area contributed by atoms with E-state index < -0.39 is 11.9 Å². The molecule has 15 heavy (non-hydrogen) atoms. The van der Waals surface area contributed by atoms with E-state index in [9.17, 15) is 9.59 Å². The zero-order valence-corrected chi connectivity index (χ0v) is 7.88. The van der Waals surface area contributed by atoms with E-state index >= 15 is 0 Å². The molecule has 0 atom stereocenters. The fourth-order valence-electron chi connectivity index (χ4n) is 0.979. The Morgan fingerprint density at radius 3 is 2.80 bits per heavy atom. The fourth-order valence-corrected chi connectivity index (χ4v) is 0.979. The highest BCUT2D eigenvalue weighted by molar-refractivity contribution is 5.92. The second kappa shape index (κ2) is 4.90. The highest BCUT2D eigenvalue weighted by Crippen LogP contribution is 2.04. The quantitative estimate of drug-likeness (QED) is 0.757. The maximum Gasteiger partial charge on any atom is 0.307 e. The van der Waals surface area contributed by atoms with E-state index in [0.29, 0.717) is 11.1 Å². The maximum atomic E-state index is 10.8. The van der Waals surface area contributed by atoms with Gasteiger partial charge in [-0.3, -0.25) is 14.6 Å². The lowest BCUT2D eigenvalue weighted by atomic mass is 10.2. The number of hydrogen-bond acceptors (Lipinski definition) is 3. The molecule has 0 spiro atoms. The Balaban J connectivity index is 2.78. The van der Waals surface area contributed by atoms with Crippen LogP contribution in [0.5, 0.6) is 0 Å². The van der Waals surface area contributed by atoms with Crippen molar-refractivity contribution >= 4 is 18.0 Å². The molecule has 0 fully saturated rings. The van der Waals surface area contributed by atoms with Crippen LogP contribution in [0.15, 0.2) is 24.5 Å². The Hall–Kier alpha value is -2.17. The Bertz CT molecular complexity index is 413. The van der Waals surface area contributed by atoms with Crippen LogP contribution in [0.3, 0.4) is 0 Å². The first-order valence-electron chi connectivity index (χ1n) is 4.23. The summed E-state index contributed by atoms with van der Waals surface area (Å²) in [6.45, 7) is 0. The molecule has 0 unspecified atom stereocenters. The molecule has 0 bridgehead atoms. The minimum Gasteiger partial charge on any atom is -0.481 e. The van der Waals surface area contributed by atoms with Gasteiger partial charge in [-0.05, 0) is 11.6 Å². The largest absolute Gasteiger partial charge is 0.481 e. The van der Waals surface area contributed by atoms with Crippen LogP contribution in [-0.2, 0) is 4.79 Å². The van der Waals surface area contributed by atoms with Crippen LogP contribution < -0.4 is 5.73 Å². The molecule has 0 aliphatic heterocycles. The molecule has 1 rings (SSSR count). The lowest BCUT2D eigenvalue weighted by molar-refractivity contribution is -0.135. The first-order valence-corrected chi connectivity index (χ1v) is 4.23. The summed E-state index contributed by atoms with van der Waals surface area (Å²) in [6.07, 6.45) is 5.86. The standard InChI is InChI=1S/C10H10N2O3/c11-10(15)8-4-7(5-12-6-8)2-1-3-9(13)14/h1-2,4-6H,3H2,(H2,11,15)(H,13,14). The summed E-state index contributed by atoms with van der Waals surface area (Å²) < 4.78 is 0. The molecule has 0 aromatic carbocycles. The minimum atomic E-state index is -0.912. The predicted molar refractivity (Wildman–Crippen MR) is 54.0 cm³/mol. The van der Waals surface area contributed by atoms with Crippen molar-refractivity contribution in [2.24, 2.45) is 5.73 Å². The Morgan fingerprint density at radius 1 is 1.47 bits per heavy atom. The van der Waals surface area contributed by atoms with Gasteiger partial charge in [0.05, 0.1) is 12.0 Å². The highest BCUT2D eigenvalue weighted by atomic mass is 16.4. The van der Waals surface area contributed by atoms with Gasteiger partial charge in [0, 0.05) is 12.4 Å². The lowest BCUT2D eigenvalue weighted by Gasteiger charge is -1.96. The molecule has 0 saturated heterocycles. The van der Waals surface area contributed by atoms with Crippen molar-refractivity contribution in [3.8, 4) is 0 Å². The number of nitrogens with zero attached hydrogens (tertiary/aromatic N) is 1. The zero-order valence-electron chi connectivity index (χ0n) is 7.88. The molecular weight excluding hydrogens is 196 g/mol. The van der Waals surface area contributed by atoms with Gasteiger partial charge in [0.25, 0.3) is 0 Å². The molecule has 5 heteroatoms. The van der Waals surface area contributed by atoms with Crippen molar-refractivity contribution in [1.29, 1.82) is 0 Å². The first-order chi connectivity index (χ1) is 7.09. The minimum absolute atomic E-state index is 0.0687. The maximum absolute atomic E-state index is 10.8. The van der Waals surface area contributed by atoms with Crippen LogP contribution in [0, 0.1) is 0 Å². The Labute approximate surface area is 86.2 Å². The third-order valence-electron chi connectivity index (χ3n) is 1.65. The van der Waals surface area contributed by atoms with Crippen molar-refractivity contribution in [2.45, 2.75) is 6.42 Å². The normalized spacial score (nSPS) is 10.4. The second-order valence-electron chi connectivity index (χ2n) is 2.87. The summed E-state index contributed by atoms with van der Waals surface area (Å²) in [6, 6.07) is 1.55. The number of nitrogens with two attached hydrogens (primary N) is 1. The van der Waals surface area contributed by atoms with Gasteiger partial charge >= 0.3 is 5.97 Å². The van der Waals surface area contributed by atoms with Crippen molar-refractivity contribution < 1.29 is 14.7 Å². The second-order valence-corrected chi connectivity index (χ2v) is 2.87. The zero-order chi connectivity index (χ0) is 11.3. The SMILES string of the molecule is NC(=O)c1cncc(C=CCC(=O)O)c1. The molecule has 78 valence electrons. The number of carbonyl (C=O) groups excluding carboxylic acids is 1. The van der Waals surface area contributed by atoms with E-state index in [2.05, 4.69) is 4.98 Å². The number of primary amides is 1. The van der Waals surface area contributed by atoms with E-state index in [1.54, 1.807) is 12.1 Å². The molecule has 0 aliphatic rings. The predicted octanol–water partition coefficient (Wildman–Crippen LogP) is 0.668. The Morgan fingerprint density at radius 2 is 2.20 bits per heavy atom. The van der Waals surface area contributed by atoms with Gasteiger partial charge in [-0.2, -0.15) is 0 Å². The third-order valence-corrected chi connectivity index (χ3v) is 1.65. The van der Waals surface area contributed by atoms with Crippen molar-refractivity contribution in [3.63, 3.8) is 0 Å². The van der Waals surface area contributed by atoms with E-state index in [4.69, 9.17) is 10.8 Å². The fraction of sp³-hybridized carbons (Fsp3) is 0.100. The molecule has 3 N–H and O–H groups in total. The van der Waals surface area contributed by atoms with Crippen molar-refractivity contribution in [3.05, 3.63) is 35.7 Å². The monoisotopic (exact) mass is 206 g/mol. The smallest absolute Gasteiger partial charge is 0.307 e. The summed E-state index contributed by atoms with van der Waals surface area (Å²) >= 11 is 0. The highest BCUT2D eigenvalue weighted by Gasteiger charge is 2.00. The molecule has 1 aromatic heterocycles. The molecule has 1 amide bonds. The number of aromatic nitrogens is 1. The molecule has 1 heterocycles. The van der Waals surface area contributed by atoms with Gasteiger partial charge in [-0.25, -0.2) is 0 Å². The summed E-state index contributed by atoms with van der Waals surface area (Å²) in [5.74, 6) is -1.47. The van der Waals surface area contributed by atoms with Gasteiger partial charge in [-0.1, -0.05) is 12.2 Å². The van der Waals surface area contributed by atoms with Gasteiger partial charge < -0.3 is 10.8 Å². The van der Waals surface area contributed by atoms with E-state index in [1.807, 2.05) is 0 Å². The number of aliphatic carboxylic acids is 1. The molecule has 5 nitrogen and oxygen atoms in total. The molecule has 0 aliphatic carbocycles. The number of carboxylic acids is 1. The topological polar surface area (TPSA) is 93.3 Å². The van der Waals surface area contributed by atoms with E-state index in [1.165, 1.54) is 18.5 Å². The number of pyridine rings is 1. The molecule has 1 aromatic rings. The lowest BCUT2D eigenvalue weighted by Crippen LogP contribution is -2.11. The number of hydrogen-bond donors (Lipinski definition) is 2. The summed E-state index contributed by atoms with van der Waals surface area (Å²) in [5, 5.41) is 8.39. The van der Waals surface area contributed by atoms with Gasteiger partial charge in [0.1, 0.15) is 0 Å². The van der Waals surface area contributed by atoms with E-state index in [0.717, 1.165) is 0 Å². The number of amides is 1. The number of rotatable bonds is 4. The van der Waals surface area contributed by atoms with Gasteiger partial charge in [0.15, 0.2) is 0 Å². The average Bonchev–Trinajstić information content (AvgIpc) is 2.17. The van der Waals surface area contributed by atoms with Crippen LogP contribution in [-0.4, -0.2) is 22.0 Å². The van der Waals surface area contributed by atoms with Gasteiger partial charge in [-0.15, -0.1) is 0 Å². The number of carboxylic acid groups (broad SMARTS) is 1. The number of carbonyl (C=O) groups is 2. The summed E-state index contributed by atoms with van der Waals surface area (Å²) in [4.78, 5) is 24.8. The Kier molecular flexibility index (Phi) is 3.56. The third kappa shape index (κ3) is 3.60. The summed E-state index contributed by atoms with van der Waals surface area (Å²) in [5.41, 5.74) is 6.01. The molecular formula is C10H10N2O3. The van der Waals surface area contributed by atoms with Crippen LogP contribution >= 0.6 is 0 Å². The van der Waals surface area contributed by atoms with Gasteiger partial charge in [0.2, 0.25) is 5.91 Å². The van der Waals surface area contributed by atoms with Crippen LogP contribution in [0.4, 0.5) is 0 Å². The van der Waals surface area contributed by atoms with Crippen LogP contribution in [0.25, 0.3) is 6.08 Å². The first kappa shape index (κ1) is 10.9. The average molecular weight is 206 g/mol. The van der Waals surface area contributed by atoms with Crippen LogP contribution in [0.2, 0.25) is 0 Å². The van der Waals surface area contributed by atoms with Crippen molar-refractivity contribution in [1.82, 2.24) is 4.98 Å². The van der Waals surface area contributed by atoms with Crippen LogP contribution in [0.1, 0.15) is 22.3 Å².